The molecule has 20 nitrogen and oxygen atoms in total. The number of H-pyrrole nitrogens is 1. The lowest BCUT2D eigenvalue weighted by Crippen LogP contribution is -2.51. The predicted molar refractivity (Wildman–Crippen MR) is 216 cm³/mol. The number of aromatic amines is 1. The van der Waals surface area contributed by atoms with Crippen molar-refractivity contribution in [1.29, 1.82) is 0 Å². The van der Waals surface area contributed by atoms with Gasteiger partial charge in [-0.05, 0) is 48.4 Å². The van der Waals surface area contributed by atoms with Gasteiger partial charge >= 0.3 is 23.9 Å². The summed E-state index contributed by atoms with van der Waals surface area (Å²) < 4.78 is 5.14. The third-order valence-electron chi connectivity index (χ3n) is 8.02. The number of aldehydes is 1. The largest absolute Gasteiger partial charge is 0.481 e. The van der Waals surface area contributed by atoms with Crippen LogP contribution < -0.4 is 32.1 Å². The van der Waals surface area contributed by atoms with Gasteiger partial charge in [0.1, 0.15) is 25.0 Å². The Morgan fingerprint density at radius 3 is 2.27 bits per heavy atom. The van der Waals surface area contributed by atoms with Gasteiger partial charge in [-0.25, -0.2) is 9.78 Å². The van der Waals surface area contributed by atoms with Gasteiger partial charge in [-0.15, -0.1) is 6.42 Å². The molecule has 3 aromatic rings. The Kier molecular flexibility index (Phi) is 18.7. The van der Waals surface area contributed by atoms with Crippen molar-refractivity contribution in [2.75, 3.05) is 35.3 Å². The molecular formula is C37H41N7O13S2. The number of anilines is 2. The standard InChI is InChI=1S/C37H41N7O13S2/c1-2-12-44(19-21-3-8-26-25(16-21)34(53)43-37(38)42-26)24-6-4-22(5-7-24)33(52)41-27(36(55)56)9-10-32(51)57-13-15-59-58-14-11-29(46)40-28(18-31(49)50)35(54)39-23(20-45)17-30(47)48/h1,3-8,16,20,23,27-28H,9-15,17-19H2,(H,39,54)(H,40,46)(H,41,52)(H,47,48)(H,49,50)(H,55,56)(H3,38,42,43,53)/t23-,27?,28-/m0/s1. The molecule has 3 rings (SSSR count). The van der Waals surface area contributed by atoms with Crippen molar-refractivity contribution >= 4 is 92.0 Å². The molecule has 1 unspecified atom stereocenters. The van der Waals surface area contributed by atoms with Crippen LogP contribution in [-0.4, -0.2) is 116 Å². The van der Waals surface area contributed by atoms with Crippen LogP contribution in [0.2, 0.25) is 0 Å². The second-order valence-electron chi connectivity index (χ2n) is 12.5. The lowest BCUT2D eigenvalue weighted by molar-refractivity contribution is -0.144. The summed E-state index contributed by atoms with van der Waals surface area (Å²) in [7, 11) is 2.46. The number of nitrogens with one attached hydrogen (secondary N) is 4. The molecule has 59 heavy (non-hydrogen) atoms. The zero-order valence-corrected chi connectivity index (χ0v) is 32.8. The number of hydrogen-bond donors (Lipinski definition) is 8. The number of nitrogens with two attached hydrogens (primary N) is 1. The van der Waals surface area contributed by atoms with E-state index in [9.17, 15) is 48.3 Å². The molecule has 0 saturated carbocycles. The molecule has 0 radical (unpaired) electrons. The fourth-order valence-corrected chi connectivity index (χ4v) is 7.04. The fourth-order valence-electron chi connectivity index (χ4n) is 5.23. The number of carbonyl (C=O) groups is 8. The summed E-state index contributed by atoms with van der Waals surface area (Å²) in [4.78, 5) is 116. The third-order valence-corrected chi connectivity index (χ3v) is 10.4. The third kappa shape index (κ3) is 16.1. The van der Waals surface area contributed by atoms with E-state index in [-0.39, 0.29) is 61.5 Å². The van der Waals surface area contributed by atoms with Crippen LogP contribution in [0.1, 0.15) is 48.0 Å². The van der Waals surface area contributed by atoms with Crippen LogP contribution in [0.3, 0.4) is 0 Å². The van der Waals surface area contributed by atoms with Gasteiger partial charge in [-0.1, -0.05) is 33.6 Å². The van der Waals surface area contributed by atoms with Crippen molar-refractivity contribution in [3.63, 3.8) is 0 Å². The minimum absolute atomic E-state index is 0.00211. The number of aromatic nitrogens is 2. The molecule has 1 aromatic heterocycles. The molecule has 0 aliphatic heterocycles. The summed E-state index contributed by atoms with van der Waals surface area (Å²) in [6, 6.07) is 7.05. The van der Waals surface area contributed by atoms with Crippen molar-refractivity contribution in [3.8, 4) is 12.3 Å². The summed E-state index contributed by atoms with van der Waals surface area (Å²) in [6.45, 7) is 0.465. The van der Waals surface area contributed by atoms with Gasteiger partial charge in [0.25, 0.3) is 11.5 Å². The molecule has 0 aliphatic carbocycles. The molecule has 0 bridgehead atoms. The van der Waals surface area contributed by atoms with Crippen molar-refractivity contribution in [2.45, 2.75) is 56.8 Å². The maximum Gasteiger partial charge on any atom is 0.326 e. The van der Waals surface area contributed by atoms with E-state index in [1.807, 2.05) is 4.90 Å². The molecule has 0 aliphatic rings. The Bertz CT molecular complexity index is 2130. The normalized spacial score (nSPS) is 12.2. The molecule has 0 spiro atoms. The number of aliphatic carboxylic acids is 3. The lowest BCUT2D eigenvalue weighted by Gasteiger charge is -2.23. The molecule has 0 saturated heterocycles. The maximum absolute atomic E-state index is 12.9. The molecule has 3 atom stereocenters. The number of esters is 1. The number of hydrogen-bond acceptors (Lipinski definition) is 15. The van der Waals surface area contributed by atoms with E-state index in [4.69, 9.17) is 27.1 Å². The molecular weight excluding hydrogens is 815 g/mol. The smallest absolute Gasteiger partial charge is 0.326 e. The van der Waals surface area contributed by atoms with E-state index in [0.29, 0.717) is 28.9 Å². The monoisotopic (exact) mass is 855 g/mol. The molecule has 314 valence electrons. The van der Waals surface area contributed by atoms with Crippen LogP contribution in [-0.2, 0) is 44.8 Å². The van der Waals surface area contributed by atoms with Gasteiger partial charge in [0.15, 0.2) is 0 Å². The Labute approximate surface area is 343 Å². The van der Waals surface area contributed by atoms with Crippen molar-refractivity contribution in [3.05, 3.63) is 63.9 Å². The Balaban J connectivity index is 1.40. The van der Waals surface area contributed by atoms with E-state index in [1.165, 1.54) is 33.7 Å². The molecule has 9 N–H and O–H groups in total. The lowest BCUT2D eigenvalue weighted by atomic mass is 10.1. The zero-order valence-electron chi connectivity index (χ0n) is 31.2. The number of carboxylic acids is 3. The first-order valence-electron chi connectivity index (χ1n) is 17.6. The highest BCUT2D eigenvalue weighted by Gasteiger charge is 2.27. The number of carbonyl (C=O) groups excluding carboxylic acids is 5. The molecule has 2 aromatic carbocycles. The molecule has 1 heterocycles. The first-order valence-corrected chi connectivity index (χ1v) is 20.1. The van der Waals surface area contributed by atoms with Crippen molar-refractivity contribution in [2.24, 2.45) is 0 Å². The van der Waals surface area contributed by atoms with E-state index >= 15 is 0 Å². The minimum Gasteiger partial charge on any atom is -0.481 e. The molecule has 22 heteroatoms. The number of nitrogens with zero attached hydrogens (tertiary/aromatic N) is 2. The van der Waals surface area contributed by atoms with Crippen LogP contribution in [0.25, 0.3) is 10.9 Å². The first kappa shape index (κ1) is 46.8. The highest BCUT2D eigenvalue weighted by Crippen LogP contribution is 2.22. The van der Waals surface area contributed by atoms with E-state index in [1.54, 1.807) is 30.3 Å². The van der Waals surface area contributed by atoms with Gasteiger partial charge in [-0.3, -0.25) is 38.5 Å². The summed E-state index contributed by atoms with van der Waals surface area (Å²) >= 11 is 0. The highest BCUT2D eigenvalue weighted by atomic mass is 33.1. The summed E-state index contributed by atoms with van der Waals surface area (Å²) in [5.74, 6) is -4.14. The SMILES string of the molecule is C#CCN(Cc1ccc2nc(N)[nH]c(=O)c2c1)c1ccc(C(=O)NC(CCC(=O)OCCSSCCC(=O)N[C@@H](CC(=O)O)C(=O)N[C@H](C=O)CC(=O)O)C(=O)O)cc1. The maximum atomic E-state index is 12.9. The van der Waals surface area contributed by atoms with E-state index in [0.717, 1.165) is 5.56 Å². The van der Waals surface area contributed by atoms with Crippen LogP contribution >= 0.6 is 21.6 Å². The second-order valence-corrected chi connectivity index (χ2v) is 15.2. The van der Waals surface area contributed by atoms with Crippen LogP contribution in [0, 0.1) is 12.3 Å². The number of carboxylic acid groups (broad SMARTS) is 3. The van der Waals surface area contributed by atoms with Crippen molar-refractivity contribution < 1.29 is 58.4 Å². The van der Waals surface area contributed by atoms with Gasteiger partial charge in [0.2, 0.25) is 17.8 Å². The number of nitrogen functional groups attached to an aromatic ring is 1. The number of benzene rings is 2. The Hall–Kier alpha value is -6.60. The number of ether oxygens (including phenoxy) is 1. The Morgan fingerprint density at radius 2 is 1.63 bits per heavy atom. The molecule has 0 fully saturated rings. The van der Waals surface area contributed by atoms with Gasteiger partial charge in [-0.2, -0.15) is 0 Å². The van der Waals surface area contributed by atoms with Crippen LogP contribution in [0.15, 0.2) is 47.3 Å². The van der Waals surface area contributed by atoms with Gasteiger partial charge < -0.3 is 51.4 Å². The van der Waals surface area contributed by atoms with Gasteiger partial charge in [0.05, 0.1) is 36.3 Å². The quantitative estimate of drug-likeness (QED) is 0.0190. The van der Waals surface area contributed by atoms with E-state index < -0.39 is 72.6 Å². The van der Waals surface area contributed by atoms with E-state index in [2.05, 4.69) is 31.8 Å². The van der Waals surface area contributed by atoms with Crippen LogP contribution in [0.5, 0.6) is 0 Å². The summed E-state index contributed by atoms with van der Waals surface area (Å²) in [5, 5.41) is 34.7. The second kappa shape index (κ2) is 23.6. The first-order chi connectivity index (χ1) is 28.1. The number of amides is 3. The summed E-state index contributed by atoms with van der Waals surface area (Å²) in [6.07, 6.45) is 3.56. The van der Waals surface area contributed by atoms with Crippen LogP contribution in [0.4, 0.5) is 11.6 Å². The topological polar surface area (TPSA) is 318 Å². The number of terminal acetylenes is 1. The van der Waals surface area contributed by atoms with Gasteiger partial charge in [0, 0.05) is 42.1 Å². The van der Waals surface area contributed by atoms with Crippen molar-refractivity contribution in [1.82, 2.24) is 25.9 Å². The zero-order chi connectivity index (χ0) is 43.5. The Morgan fingerprint density at radius 1 is 0.932 bits per heavy atom. The minimum atomic E-state index is -1.55. The number of rotatable bonds is 25. The average molecular weight is 856 g/mol. The fraction of sp³-hybridized carbons (Fsp3) is 0.351. The predicted octanol–water partition coefficient (Wildman–Crippen LogP) is 0.541. The number of fused-ring (bicyclic) bond motifs is 1. The molecule has 3 amide bonds. The summed E-state index contributed by atoms with van der Waals surface area (Å²) in [5.41, 5.74) is 7.24. The average Bonchev–Trinajstić information content (AvgIpc) is 3.18. The highest BCUT2D eigenvalue weighted by molar-refractivity contribution is 8.76.